The van der Waals surface area contributed by atoms with E-state index in [1.165, 1.54) is 58.7 Å². The van der Waals surface area contributed by atoms with Gasteiger partial charge in [-0.25, -0.2) is 0 Å². The van der Waals surface area contributed by atoms with Crippen LogP contribution in [0.1, 0.15) is 26.7 Å². The Hall–Kier alpha value is -0.850. The van der Waals surface area contributed by atoms with Gasteiger partial charge in [-0.15, -0.1) is 0 Å². The minimum Gasteiger partial charge on any atom is -0.355 e. The summed E-state index contributed by atoms with van der Waals surface area (Å²) in [4.78, 5) is 12.2. The normalized spacial score (nSPS) is 33.2. The van der Waals surface area contributed by atoms with E-state index in [0.29, 0.717) is 18.1 Å². The molecular formula is C17H34N6. The molecule has 4 aliphatic heterocycles. The number of likely N-dealkylation sites (tertiary alicyclic amines) is 1. The van der Waals surface area contributed by atoms with E-state index in [0.717, 1.165) is 12.5 Å². The van der Waals surface area contributed by atoms with Crippen LogP contribution in [0.4, 0.5) is 0 Å². The quantitative estimate of drug-likeness (QED) is 0.565. The molecule has 6 heteroatoms. The van der Waals surface area contributed by atoms with Crippen molar-refractivity contribution >= 4 is 5.96 Å². The van der Waals surface area contributed by atoms with Crippen molar-refractivity contribution in [2.75, 3.05) is 59.4 Å². The highest BCUT2D eigenvalue weighted by molar-refractivity contribution is 5.80. The molecule has 0 aromatic rings. The van der Waals surface area contributed by atoms with Gasteiger partial charge in [0.1, 0.15) is 0 Å². The molecule has 0 aromatic carbocycles. The van der Waals surface area contributed by atoms with Gasteiger partial charge in [-0.3, -0.25) is 14.8 Å². The Bertz CT molecular complexity index is 394. The van der Waals surface area contributed by atoms with E-state index < -0.39 is 0 Å². The molecule has 0 aromatic heterocycles. The summed E-state index contributed by atoms with van der Waals surface area (Å²) in [5.74, 6) is 0.977. The van der Waals surface area contributed by atoms with Crippen LogP contribution in [0.2, 0.25) is 0 Å². The van der Waals surface area contributed by atoms with Crippen LogP contribution in [-0.4, -0.2) is 98.2 Å². The molecule has 4 aliphatic rings. The van der Waals surface area contributed by atoms with E-state index in [4.69, 9.17) is 0 Å². The highest BCUT2D eigenvalue weighted by atomic mass is 15.4. The van der Waals surface area contributed by atoms with Crippen LogP contribution in [0.15, 0.2) is 4.99 Å². The van der Waals surface area contributed by atoms with Crippen molar-refractivity contribution in [3.8, 4) is 0 Å². The van der Waals surface area contributed by atoms with Crippen molar-refractivity contribution in [3.05, 3.63) is 0 Å². The van der Waals surface area contributed by atoms with Gasteiger partial charge in [0.2, 0.25) is 0 Å². The number of fused-ring (bicyclic) bond motifs is 3. The Kier molecular flexibility index (Phi) is 5.77. The molecule has 6 nitrogen and oxygen atoms in total. The molecule has 1 unspecified atom stereocenters. The third kappa shape index (κ3) is 4.37. The summed E-state index contributed by atoms with van der Waals surface area (Å²) in [6.07, 6.45) is 2.42. The predicted octanol–water partition coefficient (Wildman–Crippen LogP) is 0.0240. The SMILES string of the molecule is CN=C(NCC1CN2CCN1CC2)NC1CCN(C(C)C)CC1. The molecular weight excluding hydrogens is 288 g/mol. The largest absolute Gasteiger partial charge is 0.355 e. The molecule has 4 saturated heterocycles. The second-order valence-electron chi connectivity index (χ2n) is 7.49. The molecule has 0 radical (unpaired) electrons. The van der Waals surface area contributed by atoms with E-state index in [9.17, 15) is 0 Å². The summed E-state index contributed by atoms with van der Waals surface area (Å²) < 4.78 is 0. The van der Waals surface area contributed by atoms with Gasteiger partial charge in [-0.2, -0.15) is 0 Å². The van der Waals surface area contributed by atoms with Crippen LogP contribution in [0.3, 0.4) is 0 Å². The summed E-state index contributed by atoms with van der Waals surface area (Å²) in [5.41, 5.74) is 0. The molecule has 1 atom stereocenters. The van der Waals surface area contributed by atoms with Gasteiger partial charge in [0, 0.05) is 77.5 Å². The monoisotopic (exact) mass is 322 g/mol. The van der Waals surface area contributed by atoms with Crippen LogP contribution in [0.5, 0.6) is 0 Å². The number of aliphatic imine (C=N–C) groups is 1. The molecule has 0 amide bonds. The Balaban J connectivity index is 1.41. The van der Waals surface area contributed by atoms with Gasteiger partial charge in [-0.1, -0.05) is 0 Å². The van der Waals surface area contributed by atoms with Crippen LogP contribution >= 0.6 is 0 Å². The molecule has 2 bridgehead atoms. The fraction of sp³-hybridized carbons (Fsp3) is 0.941. The molecule has 4 rings (SSSR count). The van der Waals surface area contributed by atoms with Crippen molar-refractivity contribution in [1.29, 1.82) is 0 Å². The first kappa shape index (κ1) is 17.0. The van der Waals surface area contributed by atoms with Crippen LogP contribution in [0, 0.1) is 0 Å². The maximum absolute atomic E-state index is 4.43. The van der Waals surface area contributed by atoms with Crippen LogP contribution in [-0.2, 0) is 0 Å². The molecule has 0 spiro atoms. The van der Waals surface area contributed by atoms with Crippen molar-refractivity contribution < 1.29 is 0 Å². The first-order valence-electron chi connectivity index (χ1n) is 9.33. The summed E-state index contributed by atoms with van der Waals surface area (Å²) in [5, 5.41) is 7.19. The summed E-state index contributed by atoms with van der Waals surface area (Å²) in [6, 6.07) is 1.86. The average Bonchev–Trinajstić information content (AvgIpc) is 2.60. The molecule has 23 heavy (non-hydrogen) atoms. The molecule has 132 valence electrons. The van der Waals surface area contributed by atoms with Gasteiger partial charge in [0.05, 0.1) is 0 Å². The number of piperazine rings is 3. The smallest absolute Gasteiger partial charge is 0.191 e. The first-order chi connectivity index (χ1) is 11.2. The maximum atomic E-state index is 4.43. The summed E-state index contributed by atoms with van der Waals surface area (Å²) in [6.45, 7) is 14.1. The van der Waals surface area contributed by atoms with E-state index in [-0.39, 0.29) is 0 Å². The summed E-state index contributed by atoms with van der Waals surface area (Å²) in [7, 11) is 1.88. The van der Waals surface area contributed by atoms with Gasteiger partial charge >= 0.3 is 0 Å². The van der Waals surface area contributed by atoms with Crippen molar-refractivity contribution in [2.24, 2.45) is 4.99 Å². The number of rotatable bonds is 4. The Labute approximate surface area is 141 Å². The van der Waals surface area contributed by atoms with Crippen LogP contribution in [0.25, 0.3) is 0 Å². The summed E-state index contributed by atoms with van der Waals surface area (Å²) >= 11 is 0. The van der Waals surface area contributed by atoms with Gasteiger partial charge in [0.15, 0.2) is 5.96 Å². The van der Waals surface area contributed by atoms with E-state index in [1.54, 1.807) is 0 Å². The third-order valence-corrected chi connectivity index (χ3v) is 5.72. The number of hydrogen-bond acceptors (Lipinski definition) is 4. The highest BCUT2D eigenvalue weighted by Crippen LogP contribution is 2.15. The fourth-order valence-electron chi connectivity index (χ4n) is 4.08. The Morgan fingerprint density at radius 3 is 2.30 bits per heavy atom. The third-order valence-electron chi connectivity index (χ3n) is 5.72. The first-order valence-corrected chi connectivity index (χ1v) is 9.33. The molecule has 0 saturated carbocycles. The standard InChI is InChI=1S/C17H34N6/c1-14(2)22-6-4-15(5-7-22)20-17(18-3)19-12-16-13-21-8-10-23(16)11-9-21/h14-16H,4-13H2,1-3H3,(H2,18,19,20). The number of hydrogen-bond donors (Lipinski definition) is 2. The highest BCUT2D eigenvalue weighted by Gasteiger charge is 2.31. The van der Waals surface area contributed by atoms with Gasteiger partial charge in [0.25, 0.3) is 0 Å². The predicted molar refractivity (Wildman–Crippen MR) is 96.0 cm³/mol. The number of nitrogens with zero attached hydrogens (tertiary/aromatic N) is 4. The van der Waals surface area contributed by atoms with E-state index in [1.807, 2.05) is 7.05 Å². The zero-order valence-electron chi connectivity index (χ0n) is 15.1. The van der Waals surface area contributed by atoms with Crippen LogP contribution < -0.4 is 10.6 Å². The zero-order chi connectivity index (χ0) is 16.2. The topological polar surface area (TPSA) is 46.1 Å². The second-order valence-corrected chi connectivity index (χ2v) is 7.49. The lowest BCUT2D eigenvalue weighted by Gasteiger charge is -2.47. The van der Waals surface area contributed by atoms with Gasteiger partial charge < -0.3 is 15.5 Å². The maximum Gasteiger partial charge on any atom is 0.191 e. The molecule has 4 heterocycles. The van der Waals surface area contributed by atoms with Crippen molar-refractivity contribution in [3.63, 3.8) is 0 Å². The lowest BCUT2D eigenvalue weighted by molar-refractivity contribution is 0.0154. The van der Waals surface area contributed by atoms with Crippen molar-refractivity contribution in [2.45, 2.75) is 44.8 Å². The molecule has 2 N–H and O–H groups in total. The number of nitrogens with one attached hydrogen (secondary N) is 2. The van der Waals surface area contributed by atoms with E-state index >= 15 is 0 Å². The Morgan fingerprint density at radius 1 is 1.09 bits per heavy atom. The van der Waals surface area contributed by atoms with E-state index in [2.05, 4.69) is 44.2 Å². The zero-order valence-corrected chi connectivity index (χ0v) is 15.1. The van der Waals surface area contributed by atoms with Crippen molar-refractivity contribution in [1.82, 2.24) is 25.3 Å². The average molecular weight is 323 g/mol. The molecule has 4 fully saturated rings. The lowest BCUT2D eigenvalue weighted by Crippen LogP contribution is -2.64. The minimum atomic E-state index is 0.558. The lowest BCUT2D eigenvalue weighted by atomic mass is 10.0. The Morgan fingerprint density at radius 2 is 1.78 bits per heavy atom. The van der Waals surface area contributed by atoms with Gasteiger partial charge in [-0.05, 0) is 26.7 Å². The molecule has 0 aliphatic carbocycles. The fourth-order valence-corrected chi connectivity index (χ4v) is 4.08. The number of piperidine rings is 1. The second kappa shape index (κ2) is 7.81. The number of guanidine groups is 1. The minimum absolute atomic E-state index is 0.558.